The molecular weight excluding hydrogens is 226 g/mol. The summed E-state index contributed by atoms with van der Waals surface area (Å²) < 4.78 is 0. The van der Waals surface area contributed by atoms with E-state index in [2.05, 4.69) is 6.58 Å². The molecule has 0 unspecified atom stereocenters. The van der Waals surface area contributed by atoms with Crippen molar-refractivity contribution in [2.45, 2.75) is 33.6 Å². The van der Waals surface area contributed by atoms with Crippen molar-refractivity contribution in [3.63, 3.8) is 0 Å². The lowest BCUT2D eigenvalue weighted by molar-refractivity contribution is -0.126. The number of nitrogens with zero attached hydrogens (tertiary/aromatic N) is 1. The quantitative estimate of drug-likeness (QED) is 0.393. The summed E-state index contributed by atoms with van der Waals surface area (Å²) in [6.07, 6.45) is 10.5. The van der Waals surface area contributed by atoms with Crippen LogP contribution >= 0.6 is 0 Å². The Morgan fingerprint density at radius 1 is 1.39 bits per heavy atom. The molecular formula is C15H21NO2. The van der Waals surface area contributed by atoms with E-state index in [0.29, 0.717) is 17.7 Å². The fourth-order valence-electron chi connectivity index (χ4n) is 1.37. The first-order valence-electron chi connectivity index (χ1n) is 6.01. The van der Waals surface area contributed by atoms with E-state index in [1.54, 1.807) is 25.3 Å². The molecule has 0 radical (unpaired) electrons. The minimum atomic E-state index is -0.0371. The molecule has 0 spiro atoms. The van der Waals surface area contributed by atoms with E-state index in [1.807, 2.05) is 26.0 Å². The van der Waals surface area contributed by atoms with Crippen LogP contribution in [-0.2, 0) is 9.59 Å². The normalized spacial score (nSPS) is 12.6. The number of hydrogen-bond donors (Lipinski definition) is 0. The van der Waals surface area contributed by atoms with Gasteiger partial charge < -0.3 is 0 Å². The van der Waals surface area contributed by atoms with Gasteiger partial charge in [0.2, 0.25) is 5.91 Å². The molecule has 18 heavy (non-hydrogen) atoms. The van der Waals surface area contributed by atoms with Crippen LogP contribution in [0.5, 0.6) is 0 Å². The number of aldehydes is 1. The van der Waals surface area contributed by atoms with Gasteiger partial charge in [-0.1, -0.05) is 25.7 Å². The van der Waals surface area contributed by atoms with Gasteiger partial charge in [0.1, 0.15) is 6.29 Å². The number of rotatable bonds is 7. The van der Waals surface area contributed by atoms with E-state index < -0.39 is 0 Å². The summed E-state index contributed by atoms with van der Waals surface area (Å²) in [5, 5.41) is 0. The molecule has 0 aliphatic rings. The summed E-state index contributed by atoms with van der Waals surface area (Å²) in [7, 11) is 0. The second-order valence-corrected chi connectivity index (χ2v) is 3.83. The Kier molecular flexibility index (Phi) is 8.20. The Labute approximate surface area is 109 Å². The van der Waals surface area contributed by atoms with Gasteiger partial charge in [-0.2, -0.15) is 0 Å². The van der Waals surface area contributed by atoms with Crippen molar-refractivity contribution >= 4 is 12.2 Å². The number of carbonyl (C=O) groups excluding carboxylic acids is 2. The van der Waals surface area contributed by atoms with Crippen molar-refractivity contribution in [3.8, 4) is 0 Å². The molecule has 0 aromatic rings. The summed E-state index contributed by atoms with van der Waals surface area (Å²) in [5.74, 6) is -0.0371. The lowest BCUT2D eigenvalue weighted by Crippen LogP contribution is -2.24. The van der Waals surface area contributed by atoms with E-state index in [-0.39, 0.29) is 5.91 Å². The molecule has 3 nitrogen and oxygen atoms in total. The van der Waals surface area contributed by atoms with Crippen LogP contribution in [-0.4, -0.2) is 17.1 Å². The first kappa shape index (κ1) is 16.1. The third-order valence-electron chi connectivity index (χ3n) is 2.16. The van der Waals surface area contributed by atoms with Crippen molar-refractivity contribution in [1.29, 1.82) is 0 Å². The van der Waals surface area contributed by atoms with Gasteiger partial charge in [0.15, 0.2) is 0 Å². The first-order valence-corrected chi connectivity index (χ1v) is 6.01. The van der Waals surface area contributed by atoms with Gasteiger partial charge >= 0.3 is 0 Å². The summed E-state index contributed by atoms with van der Waals surface area (Å²) in [6.45, 7) is 9.11. The molecule has 0 aromatic heterocycles. The lowest BCUT2D eigenvalue weighted by Gasteiger charge is -2.20. The Morgan fingerprint density at radius 2 is 2.06 bits per heavy atom. The standard InChI is InChI=1S/C15H21NO2/c1-5-8-14(9-6-2)16(11-13(4)12-17)15(18)10-7-3/h5-6,8-9,11-12H,1,7,10H2,2-4H3/b9-6-,13-11+,14-8+. The monoisotopic (exact) mass is 247 g/mol. The van der Waals surface area contributed by atoms with Crippen LogP contribution in [0.15, 0.2) is 48.4 Å². The Bertz CT molecular complexity index is 389. The molecule has 3 heteroatoms. The molecule has 0 saturated carbocycles. The molecule has 0 aliphatic carbocycles. The van der Waals surface area contributed by atoms with Gasteiger partial charge in [-0.15, -0.1) is 0 Å². The molecule has 0 saturated heterocycles. The minimum absolute atomic E-state index is 0.0371. The van der Waals surface area contributed by atoms with Gasteiger partial charge in [0, 0.05) is 23.9 Å². The molecule has 0 heterocycles. The fraction of sp³-hybridized carbons (Fsp3) is 0.333. The van der Waals surface area contributed by atoms with E-state index >= 15 is 0 Å². The number of amides is 1. The van der Waals surface area contributed by atoms with Crippen LogP contribution in [0, 0.1) is 0 Å². The average Bonchev–Trinajstić information content (AvgIpc) is 2.35. The van der Waals surface area contributed by atoms with Crippen LogP contribution in [0.3, 0.4) is 0 Å². The highest BCUT2D eigenvalue weighted by molar-refractivity contribution is 5.81. The molecule has 0 N–H and O–H groups in total. The van der Waals surface area contributed by atoms with Crippen molar-refractivity contribution in [2.75, 3.05) is 0 Å². The van der Waals surface area contributed by atoms with Crippen LogP contribution in [0.25, 0.3) is 0 Å². The van der Waals surface area contributed by atoms with E-state index in [9.17, 15) is 9.59 Å². The van der Waals surface area contributed by atoms with Crippen molar-refractivity contribution < 1.29 is 9.59 Å². The number of carbonyl (C=O) groups is 2. The molecule has 0 bridgehead atoms. The van der Waals surface area contributed by atoms with Crippen molar-refractivity contribution in [2.24, 2.45) is 0 Å². The Balaban J connectivity index is 5.42. The van der Waals surface area contributed by atoms with Crippen molar-refractivity contribution in [3.05, 3.63) is 48.4 Å². The number of allylic oxidation sites excluding steroid dienone is 5. The Morgan fingerprint density at radius 3 is 2.50 bits per heavy atom. The van der Waals surface area contributed by atoms with Crippen LogP contribution < -0.4 is 0 Å². The molecule has 0 rings (SSSR count). The zero-order valence-corrected chi connectivity index (χ0v) is 11.3. The van der Waals surface area contributed by atoms with Gasteiger partial charge in [0.05, 0.1) is 0 Å². The zero-order valence-electron chi connectivity index (χ0n) is 11.3. The molecule has 1 amide bonds. The minimum Gasteiger partial charge on any atom is -0.298 e. The largest absolute Gasteiger partial charge is 0.298 e. The van der Waals surface area contributed by atoms with Crippen LogP contribution in [0.1, 0.15) is 33.6 Å². The van der Waals surface area contributed by atoms with E-state index in [4.69, 9.17) is 0 Å². The summed E-state index contributed by atoms with van der Waals surface area (Å²) in [6, 6.07) is 0. The van der Waals surface area contributed by atoms with Crippen LogP contribution in [0.2, 0.25) is 0 Å². The molecule has 0 fully saturated rings. The third-order valence-corrected chi connectivity index (χ3v) is 2.16. The maximum Gasteiger partial charge on any atom is 0.231 e. The first-order chi connectivity index (χ1) is 8.60. The smallest absolute Gasteiger partial charge is 0.231 e. The second kappa shape index (κ2) is 9.16. The molecule has 98 valence electrons. The SMILES string of the molecule is C=C/C=C(\C=C/C)N(/C=C(\C)C=O)C(=O)CCC. The maximum atomic E-state index is 12.0. The molecule has 0 atom stereocenters. The average molecular weight is 247 g/mol. The number of hydrogen-bond acceptors (Lipinski definition) is 2. The second-order valence-electron chi connectivity index (χ2n) is 3.83. The molecule has 0 aromatic carbocycles. The predicted octanol–water partition coefficient (Wildman–Crippen LogP) is 3.36. The van der Waals surface area contributed by atoms with E-state index in [1.165, 1.54) is 4.90 Å². The van der Waals surface area contributed by atoms with Crippen molar-refractivity contribution in [1.82, 2.24) is 4.90 Å². The zero-order chi connectivity index (χ0) is 14.0. The topological polar surface area (TPSA) is 37.4 Å². The van der Waals surface area contributed by atoms with Gasteiger partial charge in [0.25, 0.3) is 0 Å². The van der Waals surface area contributed by atoms with Crippen LogP contribution in [0.4, 0.5) is 0 Å². The lowest BCUT2D eigenvalue weighted by atomic mass is 10.2. The highest BCUT2D eigenvalue weighted by Gasteiger charge is 2.13. The highest BCUT2D eigenvalue weighted by Crippen LogP contribution is 2.12. The Hall–Kier alpha value is -1.90. The fourth-order valence-corrected chi connectivity index (χ4v) is 1.37. The summed E-state index contributed by atoms with van der Waals surface area (Å²) in [4.78, 5) is 24.2. The summed E-state index contributed by atoms with van der Waals surface area (Å²) >= 11 is 0. The third kappa shape index (κ3) is 5.43. The highest BCUT2D eigenvalue weighted by atomic mass is 16.2. The predicted molar refractivity (Wildman–Crippen MR) is 74.7 cm³/mol. The maximum absolute atomic E-state index is 12.0. The van der Waals surface area contributed by atoms with E-state index in [0.717, 1.165) is 12.7 Å². The van der Waals surface area contributed by atoms with Gasteiger partial charge in [-0.3, -0.25) is 14.5 Å². The van der Waals surface area contributed by atoms with Gasteiger partial charge in [-0.25, -0.2) is 0 Å². The summed E-state index contributed by atoms with van der Waals surface area (Å²) in [5.41, 5.74) is 1.20. The van der Waals surface area contributed by atoms with Gasteiger partial charge in [-0.05, 0) is 32.4 Å². The molecule has 0 aliphatic heterocycles.